The molecule has 0 spiro atoms. The van der Waals surface area contributed by atoms with Crippen LogP contribution in [-0.2, 0) is 23.7 Å². The summed E-state index contributed by atoms with van der Waals surface area (Å²) in [5.41, 5.74) is 1.36. The number of fused-ring (bicyclic) bond motifs is 1. The van der Waals surface area contributed by atoms with E-state index in [4.69, 9.17) is 18.9 Å². The molecule has 2 aliphatic heterocycles. The predicted octanol–water partition coefficient (Wildman–Crippen LogP) is 4.35. The van der Waals surface area contributed by atoms with Crippen molar-refractivity contribution >= 4 is 5.78 Å². The first-order valence-electron chi connectivity index (χ1n) is 10.2. The summed E-state index contributed by atoms with van der Waals surface area (Å²) in [7, 11) is 1.52. The van der Waals surface area contributed by atoms with Gasteiger partial charge in [0, 0.05) is 12.7 Å². The Balaban J connectivity index is 2.03. The van der Waals surface area contributed by atoms with E-state index in [1.807, 2.05) is 32.9 Å². The van der Waals surface area contributed by atoms with Crippen molar-refractivity contribution in [3.8, 4) is 0 Å². The normalized spacial score (nSPS) is 40.1. The molecule has 3 aliphatic rings. The quantitative estimate of drug-likeness (QED) is 0.618. The summed E-state index contributed by atoms with van der Waals surface area (Å²) in [6.45, 7) is 21.8. The number of Topliss-reactive ketones (excluding diaryl/α,β-unsaturated/α-hetero) is 1. The molecule has 29 heavy (non-hydrogen) atoms. The molecule has 0 bridgehead atoms. The van der Waals surface area contributed by atoms with Crippen LogP contribution in [0.4, 0.5) is 0 Å². The minimum Gasteiger partial charge on any atom is -0.348 e. The predicted molar refractivity (Wildman–Crippen MR) is 112 cm³/mol. The molecule has 2 fully saturated rings. The second kappa shape index (κ2) is 7.31. The SMILES string of the molecule is C=C[C@H]1C[C@H](C(=C)C)C=C(C(=O)[C@@H]2O[C@](C=C)(OC)[C@H]3OC(C)(C)O[C@@H]23)C1(C)C. The van der Waals surface area contributed by atoms with Crippen LogP contribution >= 0.6 is 0 Å². The van der Waals surface area contributed by atoms with Crippen molar-refractivity contribution in [1.82, 2.24) is 0 Å². The van der Waals surface area contributed by atoms with E-state index < -0.39 is 29.9 Å². The molecule has 0 aromatic carbocycles. The van der Waals surface area contributed by atoms with Crippen LogP contribution in [0.2, 0.25) is 0 Å². The molecule has 6 atom stereocenters. The van der Waals surface area contributed by atoms with E-state index in [-0.39, 0.29) is 23.0 Å². The van der Waals surface area contributed by atoms with Gasteiger partial charge < -0.3 is 18.9 Å². The van der Waals surface area contributed by atoms with Gasteiger partial charge in [0.15, 0.2) is 17.7 Å². The van der Waals surface area contributed by atoms with Gasteiger partial charge in [-0.1, -0.05) is 44.7 Å². The number of hydrogen-bond donors (Lipinski definition) is 0. The molecule has 2 heterocycles. The van der Waals surface area contributed by atoms with Crippen molar-refractivity contribution in [1.29, 1.82) is 0 Å². The summed E-state index contributed by atoms with van der Waals surface area (Å²) >= 11 is 0. The molecule has 160 valence electrons. The van der Waals surface area contributed by atoms with Crippen LogP contribution < -0.4 is 0 Å². The fraction of sp³-hybridized carbons (Fsp3) is 0.625. The first-order valence-corrected chi connectivity index (χ1v) is 10.2. The Morgan fingerprint density at radius 2 is 1.86 bits per heavy atom. The van der Waals surface area contributed by atoms with Crippen molar-refractivity contribution < 1.29 is 23.7 Å². The third-order valence-corrected chi connectivity index (χ3v) is 6.68. The van der Waals surface area contributed by atoms with E-state index in [1.165, 1.54) is 7.11 Å². The lowest BCUT2D eigenvalue weighted by Crippen LogP contribution is -2.43. The van der Waals surface area contributed by atoms with E-state index >= 15 is 0 Å². The van der Waals surface area contributed by atoms with Crippen LogP contribution in [0.15, 0.2) is 49.1 Å². The van der Waals surface area contributed by atoms with Crippen LogP contribution in [0.25, 0.3) is 0 Å². The zero-order valence-corrected chi connectivity index (χ0v) is 18.5. The lowest BCUT2D eigenvalue weighted by atomic mass is 9.62. The lowest BCUT2D eigenvalue weighted by Gasteiger charge is -2.41. The van der Waals surface area contributed by atoms with Crippen molar-refractivity contribution in [2.24, 2.45) is 17.3 Å². The molecule has 0 radical (unpaired) electrons. The van der Waals surface area contributed by atoms with Crippen LogP contribution in [0, 0.1) is 17.3 Å². The number of hydrogen-bond acceptors (Lipinski definition) is 5. The molecule has 0 aromatic rings. The second-order valence-corrected chi connectivity index (χ2v) is 9.39. The number of carbonyl (C=O) groups is 1. The highest BCUT2D eigenvalue weighted by molar-refractivity contribution is 6.01. The Hall–Kier alpha value is -1.53. The molecule has 1 aliphatic carbocycles. The maximum Gasteiger partial charge on any atom is 0.218 e. The molecule has 3 rings (SSSR count). The maximum atomic E-state index is 13.8. The molecule has 2 saturated heterocycles. The van der Waals surface area contributed by atoms with Crippen LogP contribution in [-0.4, -0.2) is 42.8 Å². The highest BCUT2D eigenvalue weighted by atomic mass is 16.8. The topological polar surface area (TPSA) is 54.0 Å². The van der Waals surface area contributed by atoms with Crippen LogP contribution in [0.5, 0.6) is 0 Å². The first-order chi connectivity index (χ1) is 13.4. The second-order valence-electron chi connectivity index (χ2n) is 9.39. The van der Waals surface area contributed by atoms with Gasteiger partial charge in [0.05, 0.1) is 0 Å². The Morgan fingerprint density at radius 1 is 1.21 bits per heavy atom. The average Bonchev–Trinajstić information content (AvgIpc) is 3.12. The van der Waals surface area contributed by atoms with Gasteiger partial charge in [0.25, 0.3) is 0 Å². The third kappa shape index (κ3) is 3.48. The number of ether oxygens (including phenoxy) is 4. The zero-order valence-electron chi connectivity index (χ0n) is 18.5. The zero-order chi connectivity index (χ0) is 21.8. The van der Waals surface area contributed by atoms with E-state index in [0.29, 0.717) is 0 Å². The molecule has 0 saturated carbocycles. The minimum atomic E-state index is -1.23. The van der Waals surface area contributed by atoms with E-state index in [0.717, 1.165) is 17.6 Å². The van der Waals surface area contributed by atoms with Gasteiger partial charge in [-0.25, -0.2) is 0 Å². The molecule has 0 amide bonds. The minimum absolute atomic E-state index is 0.107. The molecule has 5 heteroatoms. The molecule has 0 unspecified atom stereocenters. The Morgan fingerprint density at radius 3 is 2.38 bits per heavy atom. The van der Waals surface area contributed by atoms with Crippen molar-refractivity contribution in [2.75, 3.05) is 7.11 Å². The molecular formula is C24H34O5. The summed E-state index contributed by atoms with van der Waals surface area (Å²) < 4.78 is 23.9. The Labute approximate surface area is 174 Å². The highest BCUT2D eigenvalue weighted by Gasteiger charge is 2.65. The largest absolute Gasteiger partial charge is 0.348 e. The molecule has 5 nitrogen and oxygen atoms in total. The standard InChI is InChI=1S/C24H34O5/c1-10-16-12-15(14(3)4)13-17(22(16,5)6)18(25)19-20-21(29-23(7,8)27-20)24(11-2,26-9)28-19/h10-11,13,15-16,19-21H,1-3,12H2,4-9H3/t15-,16-,19-,20-,21-,24-/m0/s1. The highest BCUT2D eigenvalue weighted by Crippen LogP contribution is 2.50. The lowest BCUT2D eigenvalue weighted by molar-refractivity contribution is -0.258. The van der Waals surface area contributed by atoms with Crippen molar-refractivity contribution in [3.63, 3.8) is 0 Å². The van der Waals surface area contributed by atoms with E-state index in [9.17, 15) is 4.79 Å². The monoisotopic (exact) mass is 402 g/mol. The Kier molecular flexibility index (Phi) is 5.59. The van der Waals surface area contributed by atoms with Crippen LogP contribution in [0.3, 0.4) is 0 Å². The molecular weight excluding hydrogens is 368 g/mol. The van der Waals surface area contributed by atoms with Gasteiger partial charge in [-0.3, -0.25) is 4.79 Å². The smallest absolute Gasteiger partial charge is 0.218 e. The van der Waals surface area contributed by atoms with Crippen molar-refractivity contribution in [3.05, 3.63) is 49.1 Å². The fourth-order valence-electron chi connectivity index (χ4n) is 4.81. The molecule has 0 N–H and O–H groups in total. The van der Waals surface area contributed by atoms with Gasteiger partial charge >= 0.3 is 0 Å². The number of methoxy groups -OCH3 is 1. The fourth-order valence-corrected chi connectivity index (χ4v) is 4.81. The number of ketones is 1. The maximum absolute atomic E-state index is 13.8. The summed E-state index contributed by atoms with van der Waals surface area (Å²) in [5.74, 6) is -1.92. The van der Waals surface area contributed by atoms with E-state index in [1.54, 1.807) is 6.08 Å². The third-order valence-electron chi connectivity index (χ3n) is 6.68. The number of allylic oxidation sites excluding steroid dienone is 3. The summed E-state index contributed by atoms with van der Waals surface area (Å²) in [6.07, 6.45) is 4.42. The summed E-state index contributed by atoms with van der Waals surface area (Å²) in [4.78, 5) is 13.8. The van der Waals surface area contributed by atoms with Gasteiger partial charge in [-0.2, -0.15) is 0 Å². The summed E-state index contributed by atoms with van der Waals surface area (Å²) in [6, 6.07) is 0. The number of rotatable bonds is 6. The van der Waals surface area contributed by atoms with Gasteiger partial charge in [-0.15, -0.1) is 6.58 Å². The van der Waals surface area contributed by atoms with Gasteiger partial charge in [-0.05, 0) is 50.5 Å². The van der Waals surface area contributed by atoms with E-state index in [2.05, 4.69) is 33.6 Å². The average molecular weight is 403 g/mol. The first kappa shape index (κ1) is 22.2. The summed E-state index contributed by atoms with van der Waals surface area (Å²) in [5, 5.41) is 0. The van der Waals surface area contributed by atoms with Gasteiger partial charge in [0.2, 0.25) is 5.79 Å². The molecule has 0 aromatic heterocycles. The van der Waals surface area contributed by atoms with Gasteiger partial charge in [0.1, 0.15) is 12.2 Å². The van der Waals surface area contributed by atoms with Crippen molar-refractivity contribution in [2.45, 2.75) is 70.9 Å². The van der Waals surface area contributed by atoms with Crippen LogP contribution in [0.1, 0.15) is 41.0 Å². The Bertz CT molecular complexity index is 761. The number of carbonyl (C=O) groups excluding carboxylic acids is 1.